The van der Waals surface area contributed by atoms with Crippen molar-refractivity contribution < 1.29 is 4.74 Å². The quantitative estimate of drug-likeness (QED) is 0.621. The van der Waals surface area contributed by atoms with Crippen LogP contribution in [-0.2, 0) is 4.74 Å². The molecule has 138 valence electrons. The topological polar surface area (TPSA) is 45.7 Å². The Morgan fingerprint density at radius 2 is 2.08 bits per heavy atom. The monoisotopic (exact) mass is 361 g/mol. The zero-order valence-corrected chi connectivity index (χ0v) is 16.2. The molecule has 2 N–H and O–H groups in total. The molecule has 1 saturated carbocycles. The first kappa shape index (κ1) is 18.6. The Hall–Kier alpha value is -1.20. The smallest absolute Gasteiger partial charge is 0.191 e. The number of aliphatic imine (C=N–C) groups is 1. The van der Waals surface area contributed by atoms with E-state index in [1.165, 1.54) is 31.2 Å². The minimum absolute atomic E-state index is 0.197. The third-order valence-corrected chi connectivity index (χ3v) is 6.49. The summed E-state index contributed by atoms with van der Waals surface area (Å²) < 4.78 is 5.99. The summed E-state index contributed by atoms with van der Waals surface area (Å²) >= 11 is 2.00. The number of rotatable bonds is 5. The summed E-state index contributed by atoms with van der Waals surface area (Å²) in [5, 5.41) is 7.96. The van der Waals surface area contributed by atoms with Crippen LogP contribution < -0.4 is 10.6 Å². The predicted octanol–water partition coefficient (Wildman–Crippen LogP) is 3.60. The zero-order valence-electron chi connectivity index (χ0n) is 15.4. The first-order chi connectivity index (χ1) is 12.3. The molecule has 1 heterocycles. The lowest BCUT2D eigenvalue weighted by Crippen LogP contribution is -2.47. The standard InChI is InChI=1S/C20H31N3OS/c1-21-20(23-17-9-6-10-18(13-17)25-2)22-14-16-11-12-24-19(16)15-7-4-3-5-8-15/h3-5,7-8,16-19H,6,9-14H2,1-2H3,(H2,21,22,23). The molecule has 1 aromatic rings. The Bertz CT molecular complexity index is 551. The van der Waals surface area contributed by atoms with Crippen molar-refractivity contribution in [3.05, 3.63) is 35.9 Å². The van der Waals surface area contributed by atoms with Crippen molar-refractivity contribution in [3.8, 4) is 0 Å². The summed E-state index contributed by atoms with van der Waals surface area (Å²) in [5.41, 5.74) is 1.28. The van der Waals surface area contributed by atoms with Crippen molar-refractivity contribution in [2.75, 3.05) is 26.5 Å². The molecule has 1 aliphatic heterocycles. The van der Waals surface area contributed by atoms with Crippen molar-refractivity contribution >= 4 is 17.7 Å². The van der Waals surface area contributed by atoms with Crippen LogP contribution in [0.5, 0.6) is 0 Å². The lowest BCUT2D eigenvalue weighted by molar-refractivity contribution is 0.0915. The summed E-state index contributed by atoms with van der Waals surface area (Å²) in [4.78, 5) is 4.44. The Morgan fingerprint density at radius 3 is 2.84 bits per heavy atom. The SMILES string of the molecule is CN=C(NCC1CCOC1c1ccccc1)NC1CCCC(SC)C1. The molecule has 0 aromatic heterocycles. The molecule has 3 rings (SSSR count). The number of nitrogens with zero attached hydrogens (tertiary/aromatic N) is 1. The minimum Gasteiger partial charge on any atom is -0.373 e. The van der Waals surface area contributed by atoms with Crippen LogP contribution in [0.15, 0.2) is 35.3 Å². The van der Waals surface area contributed by atoms with Crippen molar-refractivity contribution in [1.29, 1.82) is 0 Å². The van der Waals surface area contributed by atoms with E-state index in [4.69, 9.17) is 4.74 Å². The Kier molecular flexibility index (Phi) is 7.05. The summed E-state index contributed by atoms with van der Waals surface area (Å²) in [6.45, 7) is 1.74. The van der Waals surface area contributed by atoms with Crippen LogP contribution in [0.25, 0.3) is 0 Å². The molecular formula is C20H31N3OS. The highest BCUT2D eigenvalue weighted by Gasteiger charge is 2.30. The van der Waals surface area contributed by atoms with Gasteiger partial charge >= 0.3 is 0 Å². The molecule has 0 bridgehead atoms. The van der Waals surface area contributed by atoms with E-state index in [0.29, 0.717) is 12.0 Å². The highest BCUT2D eigenvalue weighted by atomic mass is 32.2. The van der Waals surface area contributed by atoms with E-state index < -0.39 is 0 Å². The molecule has 2 fully saturated rings. The number of guanidine groups is 1. The first-order valence-corrected chi connectivity index (χ1v) is 10.8. The number of benzene rings is 1. The molecule has 0 amide bonds. The second-order valence-electron chi connectivity index (χ2n) is 7.07. The number of hydrogen-bond donors (Lipinski definition) is 2. The lowest BCUT2D eigenvalue weighted by Gasteiger charge is -2.30. The fraction of sp³-hybridized carbons (Fsp3) is 0.650. The van der Waals surface area contributed by atoms with Gasteiger partial charge in [-0.25, -0.2) is 0 Å². The van der Waals surface area contributed by atoms with Crippen LogP contribution >= 0.6 is 11.8 Å². The number of hydrogen-bond acceptors (Lipinski definition) is 3. The van der Waals surface area contributed by atoms with Gasteiger partial charge in [-0.15, -0.1) is 0 Å². The van der Waals surface area contributed by atoms with E-state index in [9.17, 15) is 0 Å². The van der Waals surface area contributed by atoms with Crippen LogP contribution in [0.2, 0.25) is 0 Å². The summed E-state index contributed by atoms with van der Waals surface area (Å²) in [7, 11) is 1.87. The number of ether oxygens (including phenoxy) is 1. The molecule has 5 heteroatoms. The summed E-state index contributed by atoms with van der Waals surface area (Å²) in [6, 6.07) is 11.1. The Balaban J connectivity index is 1.51. The van der Waals surface area contributed by atoms with Gasteiger partial charge in [0.1, 0.15) is 0 Å². The third kappa shape index (κ3) is 5.14. The van der Waals surface area contributed by atoms with E-state index in [0.717, 1.165) is 30.8 Å². The molecule has 4 atom stereocenters. The normalized spacial score (nSPS) is 30.2. The average Bonchev–Trinajstić information content (AvgIpc) is 3.14. The molecule has 25 heavy (non-hydrogen) atoms. The van der Waals surface area contributed by atoms with E-state index >= 15 is 0 Å². The highest BCUT2D eigenvalue weighted by molar-refractivity contribution is 7.99. The van der Waals surface area contributed by atoms with E-state index in [1.54, 1.807) is 0 Å². The van der Waals surface area contributed by atoms with E-state index in [2.05, 4.69) is 52.2 Å². The molecule has 0 radical (unpaired) electrons. The maximum Gasteiger partial charge on any atom is 0.191 e. The molecular weight excluding hydrogens is 330 g/mol. The molecule has 1 aliphatic carbocycles. The van der Waals surface area contributed by atoms with E-state index in [1.807, 2.05) is 18.8 Å². The van der Waals surface area contributed by atoms with Gasteiger partial charge in [0.15, 0.2) is 5.96 Å². The zero-order chi connectivity index (χ0) is 17.5. The van der Waals surface area contributed by atoms with Gasteiger partial charge in [-0.3, -0.25) is 4.99 Å². The van der Waals surface area contributed by atoms with Crippen molar-refractivity contribution in [3.63, 3.8) is 0 Å². The minimum atomic E-state index is 0.197. The molecule has 4 nitrogen and oxygen atoms in total. The molecule has 0 spiro atoms. The summed E-state index contributed by atoms with van der Waals surface area (Å²) in [6.07, 6.45) is 8.67. The number of nitrogens with one attached hydrogen (secondary N) is 2. The second-order valence-corrected chi connectivity index (χ2v) is 8.21. The second kappa shape index (κ2) is 9.48. The van der Waals surface area contributed by atoms with Crippen molar-refractivity contribution in [1.82, 2.24) is 10.6 Å². The maximum absolute atomic E-state index is 5.99. The molecule has 1 saturated heterocycles. The first-order valence-electron chi connectivity index (χ1n) is 9.46. The fourth-order valence-electron chi connectivity index (χ4n) is 3.96. The maximum atomic E-state index is 5.99. The molecule has 4 unspecified atom stereocenters. The van der Waals surface area contributed by atoms with Crippen molar-refractivity contribution in [2.24, 2.45) is 10.9 Å². The van der Waals surface area contributed by atoms with Crippen LogP contribution in [-0.4, -0.2) is 43.7 Å². The van der Waals surface area contributed by atoms with Gasteiger partial charge < -0.3 is 15.4 Å². The fourth-order valence-corrected chi connectivity index (χ4v) is 4.79. The lowest BCUT2D eigenvalue weighted by atomic mass is 9.94. The Labute approximate surface area is 156 Å². The van der Waals surface area contributed by atoms with E-state index in [-0.39, 0.29) is 6.10 Å². The van der Waals surface area contributed by atoms with Gasteiger partial charge in [-0.05, 0) is 37.5 Å². The van der Waals surface area contributed by atoms with Crippen LogP contribution in [0, 0.1) is 5.92 Å². The van der Waals surface area contributed by atoms with Gasteiger partial charge in [0, 0.05) is 37.4 Å². The van der Waals surface area contributed by atoms with Gasteiger partial charge in [0.05, 0.1) is 6.10 Å². The highest BCUT2D eigenvalue weighted by Crippen LogP contribution is 2.34. The van der Waals surface area contributed by atoms with Gasteiger partial charge in [-0.1, -0.05) is 36.8 Å². The van der Waals surface area contributed by atoms with Crippen molar-refractivity contribution in [2.45, 2.75) is 49.5 Å². The van der Waals surface area contributed by atoms with Gasteiger partial charge in [-0.2, -0.15) is 11.8 Å². The third-order valence-electron chi connectivity index (χ3n) is 5.40. The molecule has 2 aliphatic rings. The van der Waals surface area contributed by atoms with Gasteiger partial charge in [0.25, 0.3) is 0 Å². The van der Waals surface area contributed by atoms with Crippen LogP contribution in [0.3, 0.4) is 0 Å². The Morgan fingerprint density at radius 1 is 1.24 bits per heavy atom. The largest absolute Gasteiger partial charge is 0.373 e. The number of thioether (sulfide) groups is 1. The average molecular weight is 362 g/mol. The van der Waals surface area contributed by atoms with Gasteiger partial charge in [0.2, 0.25) is 0 Å². The van der Waals surface area contributed by atoms with Crippen LogP contribution in [0.1, 0.15) is 43.8 Å². The summed E-state index contributed by atoms with van der Waals surface area (Å²) in [5.74, 6) is 1.43. The molecule has 1 aromatic carbocycles. The predicted molar refractivity (Wildman–Crippen MR) is 107 cm³/mol. The van der Waals surface area contributed by atoms with Crippen LogP contribution in [0.4, 0.5) is 0 Å².